The highest BCUT2D eigenvalue weighted by molar-refractivity contribution is 6.32. The van der Waals surface area contributed by atoms with Gasteiger partial charge in [-0.2, -0.15) is 0 Å². The highest BCUT2D eigenvalue weighted by Crippen LogP contribution is 2.26. The fraction of sp³-hybridized carbons (Fsp3) is 0.333. The predicted molar refractivity (Wildman–Crippen MR) is 107 cm³/mol. The standard InChI is InChI=1S/C21H24ClNO4/c1-5-10-26-21(25)16-6-8-17(9-7-16)23-20(24)15(4)27-18-11-13(2)19(22)14(3)12-18/h6-9,11-12,15H,5,10H2,1-4H3,(H,23,24). The van der Waals surface area contributed by atoms with E-state index in [-0.39, 0.29) is 11.9 Å². The van der Waals surface area contributed by atoms with E-state index in [1.165, 1.54) is 0 Å². The van der Waals surface area contributed by atoms with Crippen molar-refractivity contribution in [3.05, 3.63) is 58.1 Å². The molecule has 2 aromatic rings. The van der Waals surface area contributed by atoms with Crippen molar-refractivity contribution in [1.29, 1.82) is 0 Å². The Labute approximate surface area is 164 Å². The number of nitrogens with one attached hydrogen (secondary N) is 1. The summed E-state index contributed by atoms with van der Waals surface area (Å²) in [6.45, 7) is 7.77. The van der Waals surface area contributed by atoms with Gasteiger partial charge < -0.3 is 14.8 Å². The van der Waals surface area contributed by atoms with Crippen LogP contribution in [0.15, 0.2) is 36.4 Å². The maximum Gasteiger partial charge on any atom is 0.338 e. The first-order valence-corrected chi connectivity index (χ1v) is 9.21. The normalized spacial score (nSPS) is 11.6. The highest BCUT2D eigenvalue weighted by atomic mass is 35.5. The summed E-state index contributed by atoms with van der Waals surface area (Å²) in [5, 5.41) is 3.46. The second-order valence-corrected chi connectivity index (χ2v) is 6.71. The number of benzene rings is 2. The van der Waals surface area contributed by atoms with E-state index < -0.39 is 6.10 Å². The molecule has 1 unspecified atom stereocenters. The van der Waals surface area contributed by atoms with Crippen molar-refractivity contribution in [2.24, 2.45) is 0 Å². The molecule has 0 radical (unpaired) electrons. The first kappa shape index (κ1) is 20.8. The molecule has 2 rings (SSSR count). The largest absolute Gasteiger partial charge is 0.481 e. The Kier molecular flexibility index (Phi) is 7.25. The molecular formula is C21H24ClNO4. The molecule has 144 valence electrons. The van der Waals surface area contributed by atoms with Crippen LogP contribution in [-0.2, 0) is 9.53 Å². The Balaban J connectivity index is 1.97. The maximum absolute atomic E-state index is 12.4. The summed E-state index contributed by atoms with van der Waals surface area (Å²) in [7, 11) is 0. The van der Waals surface area contributed by atoms with Crippen LogP contribution in [0.4, 0.5) is 5.69 Å². The Bertz CT molecular complexity index is 794. The number of ether oxygens (including phenoxy) is 2. The van der Waals surface area contributed by atoms with Crippen LogP contribution in [0.5, 0.6) is 5.75 Å². The number of hydrogen-bond acceptors (Lipinski definition) is 4. The van der Waals surface area contributed by atoms with Crippen molar-refractivity contribution in [2.75, 3.05) is 11.9 Å². The number of halogens is 1. The van der Waals surface area contributed by atoms with Gasteiger partial charge in [0.05, 0.1) is 12.2 Å². The molecule has 27 heavy (non-hydrogen) atoms. The van der Waals surface area contributed by atoms with Crippen molar-refractivity contribution in [2.45, 2.75) is 40.2 Å². The molecule has 2 aromatic carbocycles. The third-order valence-corrected chi connectivity index (χ3v) is 4.51. The lowest BCUT2D eigenvalue weighted by Crippen LogP contribution is -2.30. The molecule has 0 fully saturated rings. The quantitative estimate of drug-likeness (QED) is 0.682. The molecule has 0 aliphatic rings. The van der Waals surface area contributed by atoms with E-state index in [1.54, 1.807) is 43.3 Å². The van der Waals surface area contributed by atoms with Crippen molar-refractivity contribution in [3.63, 3.8) is 0 Å². The third kappa shape index (κ3) is 5.73. The smallest absolute Gasteiger partial charge is 0.338 e. The second kappa shape index (κ2) is 9.42. The van der Waals surface area contributed by atoms with Crippen LogP contribution in [-0.4, -0.2) is 24.6 Å². The zero-order valence-corrected chi connectivity index (χ0v) is 16.7. The minimum absolute atomic E-state index is 0.290. The molecule has 5 nitrogen and oxygen atoms in total. The van der Waals surface area contributed by atoms with Gasteiger partial charge in [-0.1, -0.05) is 18.5 Å². The van der Waals surface area contributed by atoms with Crippen molar-refractivity contribution >= 4 is 29.2 Å². The van der Waals surface area contributed by atoms with Gasteiger partial charge in [-0.15, -0.1) is 0 Å². The monoisotopic (exact) mass is 389 g/mol. The number of carbonyl (C=O) groups excluding carboxylic acids is 2. The van der Waals surface area contributed by atoms with Gasteiger partial charge in [0.1, 0.15) is 5.75 Å². The van der Waals surface area contributed by atoms with Gasteiger partial charge in [-0.25, -0.2) is 4.79 Å². The third-order valence-electron chi connectivity index (χ3n) is 3.92. The maximum atomic E-state index is 12.4. The van der Waals surface area contributed by atoms with Crippen LogP contribution < -0.4 is 10.1 Å². The van der Waals surface area contributed by atoms with Gasteiger partial charge in [-0.05, 0) is 74.7 Å². The number of hydrogen-bond donors (Lipinski definition) is 1. The zero-order chi connectivity index (χ0) is 20.0. The lowest BCUT2D eigenvalue weighted by atomic mass is 10.1. The molecule has 0 bridgehead atoms. The fourth-order valence-electron chi connectivity index (χ4n) is 2.44. The number of amides is 1. The minimum Gasteiger partial charge on any atom is -0.481 e. The SMILES string of the molecule is CCCOC(=O)c1ccc(NC(=O)C(C)Oc2cc(C)c(Cl)c(C)c2)cc1. The van der Waals surface area contributed by atoms with Gasteiger partial charge in [0.25, 0.3) is 5.91 Å². The van der Waals surface area contributed by atoms with E-state index in [0.717, 1.165) is 17.5 Å². The van der Waals surface area contributed by atoms with Gasteiger partial charge in [0.15, 0.2) is 6.10 Å². The van der Waals surface area contributed by atoms with Crippen molar-refractivity contribution in [1.82, 2.24) is 0 Å². The zero-order valence-electron chi connectivity index (χ0n) is 16.0. The van der Waals surface area contributed by atoms with Gasteiger partial charge >= 0.3 is 5.97 Å². The summed E-state index contributed by atoms with van der Waals surface area (Å²) in [5.74, 6) is -0.0764. The topological polar surface area (TPSA) is 64.6 Å². The summed E-state index contributed by atoms with van der Waals surface area (Å²) in [5.41, 5.74) is 2.80. The van der Waals surface area contributed by atoms with Crippen molar-refractivity contribution in [3.8, 4) is 5.75 Å². The van der Waals surface area contributed by atoms with E-state index in [2.05, 4.69) is 5.32 Å². The number of esters is 1. The Hall–Kier alpha value is -2.53. The van der Waals surface area contributed by atoms with E-state index in [0.29, 0.717) is 28.6 Å². The van der Waals surface area contributed by atoms with E-state index >= 15 is 0 Å². The summed E-state index contributed by atoms with van der Waals surface area (Å²) in [6, 6.07) is 10.1. The van der Waals surface area contributed by atoms with Crippen LogP contribution in [0.1, 0.15) is 41.8 Å². The molecule has 0 spiro atoms. The Morgan fingerprint density at radius 2 is 1.70 bits per heavy atom. The lowest BCUT2D eigenvalue weighted by molar-refractivity contribution is -0.122. The van der Waals surface area contributed by atoms with Crippen LogP contribution in [0.3, 0.4) is 0 Å². The molecule has 0 aromatic heterocycles. The van der Waals surface area contributed by atoms with Gasteiger partial charge in [-0.3, -0.25) is 4.79 Å². The molecule has 0 aliphatic carbocycles. The number of rotatable bonds is 7. The van der Waals surface area contributed by atoms with Crippen LogP contribution in [0.25, 0.3) is 0 Å². The van der Waals surface area contributed by atoms with E-state index in [4.69, 9.17) is 21.1 Å². The fourth-order valence-corrected chi connectivity index (χ4v) is 2.55. The summed E-state index contributed by atoms with van der Waals surface area (Å²) >= 11 is 6.15. The van der Waals surface area contributed by atoms with Gasteiger partial charge in [0.2, 0.25) is 0 Å². The molecule has 0 saturated heterocycles. The summed E-state index contributed by atoms with van der Waals surface area (Å²) in [4.78, 5) is 24.1. The lowest BCUT2D eigenvalue weighted by Gasteiger charge is -2.16. The van der Waals surface area contributed by atoms with Gasteiger partial charge in [0, 0.05) is 10.7 Å². The Morgan fingerprint density at radius 1 is 1.11 bits per heavy atom. The summed E-state index contributed by atoms with van der Waals surface area (Å²) < 4.78 is 10.8. The first-order chi connectivity index (χ1) is 12.8. The number of aryl methyl sites for hydroxylation is 2. The molecule has 0 saturated carbocycles. The van der Waals surface area contributed by atoms with Crippen molar-refractivity contribution < 1.29 is 19.1 Å². The van der Waals surface area contributed by atoms with Crippen LogP contribution in [0.2, 0.25) is 5.02 Å². The molecule has 6 heteroatoms. The first-order valence-electron chi connectivity index (χ1n) is 8.83. The van der Waals surface area contributed by atoms with Crippen LogP contribution >= 0.6 is 11.6 Å². The number of carbonyl (C=O) groups is 2. The minimum atomic E-state index is -0.695. The average Bonchev–Trinajstić information content (AvgIpc) is 2.64. The summed E-state index contributed by atoms with van der Waals surface area (Å²) in [6.07, 6.45) is 0.0731. The predicted octanol–water partition coefficient (Wildman–Crippen LogP) is 4.93. The van der Waals surface area contributed by atoms with Crippen LogP contribution in [0, 0.1) is 13.8 Å². The highest BCUT2D eigenvalue weighted by Gasteiger charge is 2.16. The molecule has 1 atom stereocenters. The van der Waals surface area contributed by atoms with E-state index in [9.17, 15) is 9.59 Å². The Morgan fingerprint density at radius 3 is 2.26 bits per heavy atom. The molecule has 1 amide bonds. The number of anilines is 1. The molecule has 0 aliphatic heterocycles. The molecule has 1 N–H and O–H groups in total. The molecule has 0 heterocycles. The second-order valence-electron chi connectivity index (χ2n) is 6.33. The average molecular weight is 390 g/mol. The van der Waals surface area contributed by atoms with E-state index in [1.807, 2.05) is 20.8 Å². The molecular weight excluding hydrogens is 366 g/mol.